The lowest BCUT2D eigenvalue weighted by Crippen LogP contribution is -2.52. The third-order valence-corrected chi connectivity index (χ3v) is 3.22. The molecule has 0 amide bonds. The highest BCUT2D eigenvalue weighted by atomic mass is 35.5. The van der Waals surface area contributed by atoms with Crippen LogP contribution in [0.15, 0.2) is 12.1 Å². The van der Waals surface area contributed by atoms with Gasteiger partial charge in [0, 0.05) is 18.7 Å². The monoisotopic (exact) mass is 349 g/mol. The van der Waals surface area contributed by atoms with Crippen LogP contribution in [0.4, 0.5) is 23.2 Å². The Balaban J connectivity index is 2.27. The number of halogens is 6. The zero-order valence-electron chi connectivity index (χ0n) is 10.2. The SMILES string of the molecule is OC(CCl)CNc1cc2c(cc1Cl)OC(F)(F)C(F)(F)O2. The number of hydrogen-bond acceptors (Lipinski definition) is 4. The molecule has 1 aliphatic heterocycles. The van der Waals surface area contributed by atoms with Gasteiger partial charge in [0.15, 0.2) is 11.5 Å². The number of hydrogen-bond donors (Lipinski definition) is 2. The van der Waals surface area contributed by atoms with E-state index in [1.54, 1.807) is 0 Å². The molecule has 1 unspecified atom stereocenters. The van der Waals surface area contributed by atoms with Gasteiger partial charge in [-0.1, -0.05) is 11.6 Å². The Bertz CT molecular complexity index is 544. The summed E-state index contributed by atoms with van der Waals surface area (Å²) >= 11 is 11.2. The second kappa shape index (κ2) is 5.58. The van der Waals surface area contributed by atoms with Crippen molar-refractivity contribution < 1.29 is 32.1 Å². The van der Waals surface area contributed by atoms with Crippen LogP contribution in [0.5, 0.6) is 11.5 Å². The molecular weight excluding hydrogens is 341 g/mol. The summed E-state index contributed by atoms with van der Waals surface area (Å²) in [6.07, 6.45) is -10.5. The fourth-order valence-corrected chi connectivity index (χ4v) is 1.84. The van der Waals surface area contributed by atoms with E-state index in [4.69, 9.17) is 23.2 Å². The standard InChI is InChI=1S/C11H9Cl2F4NO3/c12-3-5(19)4-18-7-2-9-8(1-6(7)13)20-10(14,15)11(16,17)21-9/h1-2,5,18-19H,3-4H2. The number of rotatable bonds is 4. The van der Waals surface area contributed by atoms with Crippen LogP contribution in [0, 0.1) is 0 Å². The number of aliphatic hydroxyl groups is 1. The maximum Gasteiger partial charge on any atom is 0.507 e. The molecule has 0 spiro atoms. The lowest BCUT2D eigenvalue weighted by atomic mass is 10.2. The molecule has 0 bridgehead atoms. The molecule has 0 fully saturated rings. The minimum absolute atomic E-state index is 0.0184. The number of ether oxygens (including phenoxy) is 2. The number of nitrogens with one attached hydrogen (secondary N) is 1. The highest BCUT2D eigenvalue weighted by molar-refractivity contribution is 6.33. The van der Waals surface area contributed by atoms with E-state index in [2.05, 4.69) is 14.8 Å². The van der Waals surface area contributed by atoms with Gasteiger partial charge in [-0.3, -0.25) is 0 Å². The Morgan fingerprint density at radius 3 is 2.19 bits per heavy atom. The maximum atomic E-state index is 13.1. The van der Waals surface area contributed by atoms with Crippen molar-refractivity contribution in [3.63, 3.8) is 0 Å². The highest BCUT2D eigenvalue weighted by Crippen LogP contribution is 2.49. The van der Waals surface area contributed by atoms with Gasteiger partial charge < -0.3 is 19.9 Å². The molecule has 0 saturated heterocycles. The van der Waals surface area contributed by atoms with Gasteiger partial charge in [-0.15, -0.1) is 11.6 Å². The van der Waals surface area contributed by atoms with Crippen LogP contribution >= 0.6 is 23.2 Å². The quantitative estimate of drug-likeness (QED) is 0.646. The van der Waals surface area contributed by atoms with Gasteiger partial charge in [-0.25, -0.2) is 0 Å². The summed E-state index contributed by atoms with van der Waals surface area (Å²) in [7, 11) is 0. The van der Waals surface area contributed by atoms with Gasteiger partial charge in [0.1, 0.15) is 0 Å². The summed E-state index contributed by atoms with van der Waals surface area (Å²) < 4.78 is 60.0. The normalized spacial score (nSPS) is 20.0. The minimum atomic E-state index is -4.80. The fourth-order valence-electron chi connectivity index (χ4n) is 1.51. The molecule has 1 aliphatic rings. The molecule has 0 aliphatic carbocycles. The largest absolute Gasteiger partial charge is 0.507 e. The average molecular weight is 350 g/mol. The molecule has 0 aromatic heterocycles. The molecule has 1 atom stereocenters. The number of benzene rings is 1. The van der Waals surface area contributed by atoms with E-state index >= 15 is 0 Å². The Morgan fingerprint density at radius 1 is 1.14 bits per heavy atom. The molecule has 2 rings (SSSR count). The van der Waals surface area contributed by atoms with Gasteiger partial charge in [0.05, 0.1) is 22.7 Å². The van der Waals surface area contributed by atoms with Crippen molar-refractivity contribution in [2.75, 3.05) is 17.7 Å². The van der Waals surface area contributed by atoms with Crippen LogP contribution in [0.25, 0.3) is 0 Å². The number of fused-ring (bicyclic) bond motifs is 1. The van der Waals surface area contributed by atoms with Gasteiger partial charge in [-0.05, 0) is 0 Å². The lowest BCUT2D eigenvalue weighted by Gasteiger charge is -2.32. The third-order valence-electron chi connectivity index (χ3n) is 2.55. The molecule has 21 heavy (non-hydrogen) atoms. The molecule has 2 N–H and O–H groups in total. The summed E-state index contributed by atoms with van der Waals surface area (Å²) in [5.74, 6) is -1.27. The maximum absolute atomic E-state index is 13.1. The Kier molecular flexibility index (Phi) is 4.32. The molecule has 0 radical (unpaired) electrons. The minimum Gasteiger partial charge on any atom is -0.421 e. The van der Waals surface area contributed by atoms with E-state index in [1.165, 1.54) is 0 Å². The van der Waals surface area contributed by atoms with Crippen molar-refractivity contribution >= 4 is 28.9 Å². The molecule has 1 aromatic rings. The number of alkyl halides is 5. The summed E-state index contributed by atoms with van der Waals surface area (Å²) in [4.78, 5) is 0. The van der Waals surface area contributed by atoms with Gasteiger partial charge in [0.25, 0.3) is 0 Å². The van der Waals surface area contributed by atoms with Gasteiger partial charge >= 0.3 is 12.2 Å². The van der Waals surface area contributed by atoms with Crippen LogP contribution in [-0.4, -0.2) is 35.9 Å². The van der Waals surface area contributed by atoms with Crippen molar-refractivity contribution in [2.24, 2.45) is 0 Å². The summed E-state index contributed by atoms with van der Waals surface area (Å²) in [5.41, 5.74) is 0.101. The van der Waals surface area contributed by atoms with E-state index in [0.29, 0.717) is 0 Å². The fraction of sp³-hybridized carbons (Fsp3) is 0.455. The predicted molar refractivity (Wildman–Crippen MR) is 67.8 cm³/mol. The molecular formula is C11H9Cl2F4NO3. The van der Waals surface area contributed by atoms with Crippen LogP contribution in [0.2, 0.25) is 5.02 Å². The van der Waals surface area contributed by atoms with E-state index in [0.717, 1.165) is 12.1 Å². The summed E-state index contributed by atoms with van der Waals surface area (Å²) in [6, 6.07) is 1.89. The molecule has 10 heteroatoms. The number of anilines is 1. The third kappa shape index (κ3) is 3.22. The topological polar surface area (TPSA) is 50.7 Å². The lowest BCUT2D eigenvalue weighted by molar-refractivity contribution is -0.391. The second-order valence-electron chi connectivity index (χ2n) is 4.21. The van der Waals surface area contributed by atoms with Crippen molar-refractivity contribution in [1.82, 2.24) is 0 Å². The van der Waals surface area contributed by atoms with Crippen molar-refractivity contribution in [1.29, 1.82) is 0 Å². The molecule has 118 valence electrons. The number of aliphatic hydroxyl groups excluding tert-OH is 1. The average Bonchev–Trinajstić information content (AvgIpc) is 2.37. The smallest absolute Gasteiger partial charge is 0.421 e. The first-order chi connectivity index (χ1) is 9.66. The molecule has 0 saturated carbocycles. The zero-order chi connectivity index (χ0) is 15.8. The van der Waals surface area contributed by atoms with E-state index in [-0.39, 0.29) is 23.1 Å². The van der Waals surface area contributed by atoms with E-state index in [9.17, 15) is 22.7 Å². The summed E-state index contributed by atoms with van der Waals surface area (Å²) in [6.45, 7) is -0.0184. The van der Waals surface area contributed by atoms with Crippen LogP contribution in [0.1, 0.15) is 0 Å². The second-order valence-corrected chi connectivity index (χ2v) is 4.92. The van der Waals surface area contributed by atoms with Crippen LogP contribution in [-0.2, 0) is 0 Å². The Hall–Kier alpha value is -1.12. The highest BCUT2D eigenvalue weighted by Gasteiger charge is 2.66. The first-order valence-corrected chi connectivity index (χ1v) is 6.52. The summed E-state index contributed by atoms with van der Waals surface area (Å²) in [5, 5.41) is 11.8. The first kappa shape index (κ1) is 16.3. The van der Waals surface area contributed by atoms with Gasteiger partial charge in [-0.2, -0.15) is 17.6 Å². The van der Waals surface area contributed by atoms with Crippen molar-refractivity contribution in [3.8, 4) is 11.5 Å². The van der Waals surface area contributed by atoms with Gasteiger partial charge in [0.2, 0.25) is 0 Å². The molecule has 1 aromatic carbocycles. The van der Waals surface area contributed by atoms with E-state index < -0.39 is 29.8 Å². The predicted octanol–water partition coefficient (Wildman–Crippen LogP) is 3.31. The van der Waals surface area contributed by atoms with E-state index in [1.807, 2.05) is 0 Å². The Morgan fingerprint density at radius 2 is 1.67 bits per heavy atom. The Labute approximate surface area is 126 Å². The zero-order valence-corrected chi connectivity index (χ0v) is 11.7. The van der Waals surface area contributed by atoms with Crippen LogP contribution < -0.4 is 14.8 Å². The molecule has 1 heterocycles. The van der Waals surface area contributed by atoms with Crippen molar-refractivity contribution in [2.45, 2.75) is 18.3 Å². The van der Waals surface area contributed by atoms with Crippen LogP contribution in [0.3, 0.4) is 0 Å². The molecule has 4 nitrogen and oxygen atoms in total. The first-order valence-electron chi connectivity index (χ1n) is 5.61. The van der Waals surface area contributed by atoms with Crippen molar-refractivity contribution in [3.05, 3.63) is 17.2 Å².